The van der Waals surface area contributed by atoms with Crippen molar-refractivity contribution in [1.29, 1.82) is 0 Å². The van der Waals surface area contributed by atoms with Crippen LogP contribution in [-0.2, 0) is 14.8 Å². The van der Waals surface area contributed by atoms with Crippen LogP contribution in [0.1, 0.15) is 20.8 Å². The van der Waals surface area contributed by atoms with E-state index in [-0.39, 0.29) is 14.8 Å². The highest BCUT2D eigenvalue weighted by atomic mass is 79.9. The van der Waals surface area contributed by atoms with Crippen LogP contribution in [0.15, 0.2) is 20.1 Å². The SMILES string of the molecule is COC(=O)c1c(NS(=O)(=O)c2ccc(Br)s2)sc(C)c1C. The molecule has 5 nitrogen and oxygen atoms in total. The van der Waals surface area contributed by atoms with Crippen LogP contribution in [0.25, 0.3) is 0 Å². The molecule has 2 rings (SSSR count). The Balaban J connectivity index is 2.45. The number of sulfonamides is 1. The van der Waals surface area contributed by atoms with E-state index in [1.54, 1.807) is 13.0 Å². The molecule has 0 spiro atoms. The first-order valence-electron chi connectivity index (χ1n) is 5.72. The molecule has 2 aromatic heterocycles. The van der Waals surface area contributed by atoms with E-state index < -0.39 is 16.0 Å². The van der Waals surface area contributed by atoms with Gasteiger partial charge in [-0.3, -0.25) is 4.72 Å². The maximum atomic E-state index is 12.3. The summed E-state index contributed by atoms with van der Waals surface area (Å²) in [7, 11) is -2.45. The summed E-state index contributed by atoms with van der Waals surface area (Å²) in [6, 6.07) is 3.16. The monoisotopic (exact) mass is 409 g/mol. The molecule has 0 amide bonds. The molecule has 2 heterocycles. The average molecular weight is 410 g/mol. The Hall–Kier alpha value is -0.900. The number of hydrogen-bond acceptors (Lipinski definition) is 6. The van der Waals surface area contributed by atoms with Crippen molar-refractivity contribution < 1.29 is 17.9 Å². The maximum Gasteiger partial charge on any atom is 0.341 e. The smallest absolute Gasteiger partial charge is 0.341 e. The zero-order valence-corrected chi connectivity index (χ0v) is 15.4. The van der Waals surface area contributed by atoms with Crippen molar-refractivity contribution in [2.24, 2.45) is 0 Å². The van der Waals surface area contributed by atoms with Gasteiger partial charge in [-0.05, 0) is 47.5 Å². The van der Waals surface area contributed by atoms with Crippen molar-refractivity contribution in [3.63, 3.8) is 0 Å². The molecule has 0 aliphatic carbocycles. The van der Waals surface area contributed by atoms with Crippen molar-refractivity contribution >= 4 is 59.6 Å². The van der Waals surface area contributed by atoms with E-state index in [9.17, 15) is 13.2 Å². The van der Waals surface area contributed by atoms with E-state index in [0.29, 0.717) is 0 Å². The van der Waals surface area contributed by atoms with Gasteiger partial charge in [-0.25, -0.2) is 13.2 Å². The summed E-state index contributed by atoms with van der Waals surface area (Å²) in [5.74, 6) is -0.554. The summed E-state index contributed by atoms with van der Waals surface area (Å²) in [5, 5.41) is 0.279. The number of carbonyl (C=O) groups is 1. The first-order valence-corrected chi connectivity index (χ1v) is 9.63. The Kier molecular flexibility index (Phi) is 4.76. The summed E-state index contributed by atoms with van der Waals surface area (Å²) in [6.45, 7) is 3.59. The molecule has 0 fully saturated rings. The quantitative estimate of drug-likeness (QED) is 0.779. The number of rotatable bonds is 4. The fraction of sp³-hybridized carbons (Fsp3) is 0.250. The minimum Gasteiger partial charge on any atom is -0.465 e. The Morgan fingerprint density at radius 2 is 1.95 bits per heavy atom. The number of hydrogen-bond donors (Lipinski definition) is 1. The summed E-state index contributed by atoms with van der Waals surface area (Å²) < 4.78 is 32.8. The molecule has 9 heteroatoms. The number of halogens is 1. The van der Waals surface area contributed by atoms with E-state index in [0.717, 1.165) is 25.6 Å². The first-order chi connectivity index (χ1) is 9.76. The van der Waals surface area contributed by atoms with Gasteiger partial charge in [0.15, 0.2) is 0 Å². The number of thiophene rings is 2. The molecule has 0 radical (unpaired) electrons. The van der Waals surface area contributed by atoms with Crippen LogP contribution in [0.2, 0.25) is 0 Å². The Labute approximate surface area is 139 Å². The molecule has 0 unspecified atom stereocenters. The first kappa shape index (κ1) is 16.5. The van der Waals surface area contributed by atoms with E-state index in [1.165, 1.54) is 24.5 Å². The predicted molar refractivity (Wildman–Crippen MR) is 88.0 cm³/mol. The van der Waals surface area contributed by atoms with Crippen molar-refractivity contribution in [2.45, 2.75) is 18.1 Å². The molecule has 0 aliphatic rings. The Morgan fingerprint density at radius 3 is 2.48 bits per heavy atom. The number of aryl methyl sites for hydroxylation is 1. The minimum atomic E-state index is -3.72. The third-order valence-corrected chi connectivity index (χ3v) is 7.53. The van der Waals surface area contributed by atoms with Gasteiger partial charge >= 0.3 is 5.97 Å². The second kappa shape index (κ2) is 6.07. The number of nitrogens with one attached hydrogen (secondary N) is 1. The van der Waals surface area contributed by atoms with Gasteiger partial charge in [0.2, 0.25) is 0 Å². The van der Waals surface area contributed by atoms with Gasteiger partial charge in [0.25, 0.3) is 10.0 Å². The van der Waals surface area contributed by atoms with Gasteiger partial charge in [-0.1, -0.05) is 0 Å². The zero-order chi connectivity index (χ0) is 15.8. The third kappa shape index (κ3) is 3.31. The molecular weight excluding hydrogens is 398 g/mol. The third-order valence-electron chi connectivity index (χ3n) is 2.82. The largest absolute Gasteiger partial charge is 0.465 e. The average Bonchev–Trinajstić information content (AvgIpc) is 2.95. The molecule has 2 aromatic rings. The van der Waals surface area contributed by atoms with Gasteiger partial charge in [0.05, 0.1) is 16.5 Å². The molecular formula is C12H12BrNO4S3. The Morgan fingerprint density at radius 1 is 1.29 bits per heavy atom. The van der Waals surface area contributed by atoms with Crippen LogP contribution in [0.3, 0.4) is 0 Å². The van der Waals surface area contributed by atoms with Crippen LogP contribution < -0.4 is 4.72 Å². The number of esters is 1. The molecule has 0 aliphatic heterocycles. The Bertz CT molecular complexity index is 792. The minimum absolute atomic E-state index is 0.175. The second-order valence-corrected chi connectivity index (χ2v) is 9.74. The highest BCUT2D eigenvalue weighted by Crippen LogP contribution is 2.35. The lowest BCUT2D eigenvalue weighted by Crippen LogP contribution is -2.14. The number of carbonyl (C=O) groups excluding carboxylic acids is 1. The summed E-state index contributed by atoms with van der Waals surface area (Å²) >= 11 is 5.54. The van der Waals surface area contributed by atoms with Crippen molar-refractivity contribution in [2.75, 3.05) is 11.8 Å². The molecule has 0 atom stereocenters. The molecule has 21 heavy (non-hydrogen) atoms. The highest BCUT2D eigenvalue weighted by Gasteiger charge is 2.25. The molecule has 0 bridgehead atoms. The molecule has 1 N–H and O–H groups in total. The van der Waals surface area contributed by atoms with Gasteiger partial charge in [-0.2, -0.15) is 0 Å². The van der Waals surface area contributed by atoms with Crippen LogP contribution in [0, 0.1) is 13.8 Å². The summed E-state index contributed by atoms with van der Waals surface area (Å²) in [5.41, 5.74) is 0.983. The molecule has 0 saturated carbocycles. The van der Waals surface area contributed by atoms with Gasteiger partial charge in [0.1, 0.15) is 9.21 Å². The zero-order valence-electron chi connectivity index (χ0n) is 11.4. The second-order valence-electron chi connectivity index (χ2n) is 4.14. The fourth-order valence-corrected chi connectivity index (χ4v) is 6.03. The van der Waals surface area contributed by atoms with Gasteiger partial charge in [-0.15, -0.1) is 22.7 Å². The van der Waals surface area contributed by atoms with Crippen LogP contribution in [0.4, 0.5) is 5.00 Å². The maximum absolute atomic E-state index is 12.3. The number of methoxy groups -OCH3 is 1. The lowest BCUT2D eigenvalue weighted by molar-refractivity contribution is 0.0601. The summed E-state index contributed by atoms with van der Waals surface area (Å²) in [6.07, 6.45) is 0. The fourth-order valence-electron chi connectivity index (χ4n) is 1.66. The normalized spacial score (nSPS) is 11.4. The van der Waals surface area contributed by atoms with E-state index >= 15 is 0 Å². The van der Waals surface area contributed by atoms with Crippen molar-refractivity contribution in [3.8, 4) is 0 Å². The predicted octanol–water partition coefficient (Wildman–Crippen LogP) is 3.78. The van der Waals surface area contributed by atoms with Crippen LogP contribution >= 0.6 is 38.6 Å². The summed E-state index contributed by atoms with van der Waals surface area (Å²) in [4.78, 5) is 12.7. The van der Waals surface area contributed by atoms with E-state index in [4.69, 9.17) is 4.74 Å². The van der Waals surface area contributed by atoms with Crippen LogP contribution in [0.5, 0.6) is 0 Å². The molecule has 0 saturated heterocycles. The molecule has 114 valence electrons. The lowest BCUT2D eigenvalue weighted by Gasteiger charge is -2.06. The van der Waals surface area contributed by atoms with Gasteiger partial charge < -0.3 is 4.74 Å². The van der Waals surface area contributed by atoms with Gasteiger partial charge in [0, 0.05) is 4.88 Å². The lowest BCUT2D eigenvalue weighted by atomic mass is 10.2. The highest BCUT2D eigenvalue weighted by molar-refractivity contribution is 9.11. The molecule has 0 aromatic carbocycles. The van der Waals surface area contributed by atoms with Crippen molar-refractivity contribution in [3.05, 3.63) is 31.9 Å². The van der Waals surface area contributed by atoms with E-state index in [1.807, 2.05) is 6.92 Å². The van der Waals surface area contributed by atoms with Crippen LogP contribution in [-0.4, -0.2) is 21.5 Å². The topological polar surface area (TPSA) is 72.5 Å². The van der Waals surface area contributed by atoms with E-state index in [2.05, 4.69) is 20.7 Å². The number of anilines is 1. The standard InChI is InChI=1S/C12H12BrNO4S3/c1-6-7(2)19-11(10(6)12(15)18-3)14-21(16,17)9-5-4-8(13)20-9/h4-5,14H,1-3H3. The number of ether oxygens (including phenoxy) is 1. The van der Waals surface area contributed by atoms with Crippen molar-refractivity contribution in [1.82, 2.24) is 0 Å².